The lowest BCUT2D eigenvalue weighted by atomic mass is 10.3. The van der Waals surface area contributed by atoms with Gasteiger partial charge in [-0.25, -0.2) is 4.79 Å². The van der Waals surface area contributed by atoms with E-state index in [0.29, 0.717) is 22.5 Å². The minimum Gasteiger partial charge on any atom is -0.463 e. The summed E-state index contributed by atoms with van der Waals surface area (Å²) >= 11 is 8.77. The summed E-state index contributed by atoms with van der Waals surface area (Å²) in [4.78, 5) is 11.2. The number of halogens is 2. The van der Waals surface area contributed by atoms with Crippen molar-refractivity contribution >= 4 is 33.5 Å². The predicted octanol–water partition coefficient (Wildman–Crippen LogP) is 3.20. The number of furan rings is 1. The van der Waals surface area contributed by atoms with Gasteiger partial charge in [0.25, 0.3) is 0 Å². The summed E-state index contributed by atoms with van der Waals surface area (Å²) in [5.74, 6) is 6.35. The maximum absolute atomic E-state index is 11.2. The summed E-state index contributed by atoms with van der Waals surface area (Å²) in [6.07, 6.45) is 1.53. The van der Waals surface area contributed by atoms with Crippen LogP contribution < -0.4 is 0 Å². The molecule has 3 nitrogen and oxygen atoms in total. The summed E-state index contributed by atoms with van der Waals surface area (Å²) in [5.41, 5.74) is 0. The van der Waals surface area contributed by atoms with E-state index in [4.69, 9.17) is 16.0 Å². The molecule has 0 aliphatic rings. The van der Waals surface area contributed by atoms with E-state index in [0.717, 1.165) is 6.42 Å². The molecule has 0 fully saturated rings. The predicted molar refractivity (Wildman–Crippen MR) is 64.6 cm³/mol. The van der Waals surface area contributed by atoms with Crippen molar-refractivity contribution in [3.63, 3.8) is 0 Å². The molecule has 0 saturated heterocycles. The van der Waals surface area contributed by atoms with Crippen LogP contribution in [0.2, 0.25) is 0 Å². The van der Waals surface area contributed by atoms with Crippen molar-refractivity contribution in [2.45, 2.75) is 12.8 Å². The molecule has 86 valence electrons. The van der Waals surface area contributed by atoms with E-state index in [2.05, 4.69) is 32.5 Å². The Bertz CT molecular complexity index is 428. The van der Waals surface area contributed by atoms with Crippen LogP contribution >= 0.6 is 27.5 Å². The largest absolute Gasteiger partial charge is 0.463 e. The summed E-state index contributed by atoms with van der Waals surface area (Å²) in [6.45, 7) is 0. The summed E-state index contributed by atoms with van der Waals surface area (Å²) in [7, 11) is 1.30. The molecular formula is C11H10BrClO3. The van der Waals surface area contributed by atoms with Gasteiger partial charge < -0.3 is 9.15 Å². The zero-order valence-electron chi connectivity index (χ0n) is 8.68. The third kappa shape index (κ3) is 3.58. The molecule has 1 aromatic rings. The van der Waals surface area contributed by atoms with E-state index < -0.39 is 5.97 Å². The van der Waals surface area contributed by atoms with Crippen molar-refractivity contribution in [3.05, 3.63) is 22.1 Å². The third-order valence-electron chi connectivity index (χ3n) is 1.71. The molecule has 0 aliphatic heterocycles. The molecule has 16 heavy (non-hydrogen) atoms. The van der Waals surface area contributed by atoms with Crippen molar-refractivity contribution in [2.24, 2.45) is 0 Å². The molecule has 0 aromatic carbocycles. The van der Waals surface area contributed by atoms with Crippen LogP contribution in [0.25, 0.3) is 0 Å². The maximum Gasteiger partial charge on any atom is 0.374 e. The van der Waals surface area contributed by atoms with Gasteiger partial charge in [-0.05, 0) is 28.3 Å². The van der Waals surface area contributed by atoms with E-state index in [-0.39, 0.29) is 5.76 Å². The van der Waals surface area contributed by atoms with Crippen LogP contribution in [0.1, 0.15) is 29.2 Å². The molecule has 0 spiro atoms. The van der Waals surface area contributed by atoms with Crippen LogP contribution in [-0.2, 0) is 4.74 Å². The van der Waals surface area contributed by atoms with E-state index in [1.165, 1.54) is 13.2 Å². The number of rotatable bonds is 3. The average molecular weight is 306 g/mol. The zero-order valence-corrected chi connectivity index (χ0v) is 11.0. The topological polar surface area (TPSA) is 39.4 Å². The van der Waals surface area contributed by atoms with Gasteiger partial charge in [-0.2, -0.15) is 0 Å². The average Bonchev–Trinajstić information content (AvgIpc) is 2.65. The van der Waals surface area contributed by atoms with E-state index in [9.17, 15) is 4.79 Å². The van der Waals surface area contributed by atoms with Gasteiger partial charge in [0.2, 0.25) is 5.76 Å². The molecule has 5 heteroatoms. The molecule has 0 radical (unpaired) electrons. The Morgan fingerprint density at radius 1 is 1.69 bits per heavy atom. The normalized spacial score (nSPS) is 9.44. The monoisotopic (exact) mass is 304 g/mol. The maximum atomic E-state index is 11.2. The van der Waals surface area contributed by atoms with Gasteiger partial charge in [-0.15, -0.1) is 11.6 Å². The van der Waals surface area contributed by atoms with E-state index >= 15 is 0 Å². The molecule has 1 rings (SSSR count). The highest BCUT2D eigenvalue weighted by Crippen LogP contribution is 2.21. The number of carbonyl (C=O) groups is 1. The van der Waals surface area contributed by atoms with Crippen molar-refractivity contribution in [1.82, 2.24) is 0 Å². The Balaban J connectivity index is 2.76. The molecule has 0 amide bonds. The smallest absolute Gasteiger partial charge is 0.374 e. The Hall–Kier alpha value is -0.920. The first-order valence-electron chi connectivity index (χ1n) is 4.61. The molecule has 0 bridgehead atoms. The zero-order chi connectivity index (χ0) is 12.0. The Morgan fingerprint density at radius 2 is 2.44 bits per heavy atom. The Morgan fingerprint density at radius 3 is 3.06 bits per heavy atom. The quantitative estimate of drug-likeness (QED) is 0.372. The molecule has 0 N–H and O–H groups in total. The highest BCUT2D eigenvalue weighted by atomic mass is 79.9. The minimum atomic E-state index is -0.519. The SMILES string of the molecule is COC(=O)c1cc(Br)c(C#CCCCCl)o1. The van der Waals surface area contributed by atoms with Gasteiger partial charge >= 0.3 is 5.97 Å². The van der Waals surface area contributed by atoms with Crippen LogP contribution in [0.4, 0.5) is 0 Å². The number of carbonyl (C=O) groups excluding carboxylic acids is 1. The van der Waals surface area contributed by atoms with E-state index in [1.54, 1.807) is 0 Å². The Kier molecular flexibility index (Phi) is 5.44. The van der Waals surface area contributed by atoms with Crippen molar-refractivity contribution < 1.29 is 13.9 Å². The van der Waals surface area contributed by atoms with Gasteiger partial charge in [0, 0.05) is 18.4 Å². The molecule has 1 heterocycles. The number of hydrogen-bond donors (Lipinski definition) is 0. The van der Waals surface area contributed by atoms with Crippen LogP contribution in [0, 0.1) is 11.8 Å². The number of alkyl halides is 1. The molecule has 0 unspecified atom stereocenters. The Labute approximate surface area is 107 Å². The standard InChI is InChI=1S/C11H10BrClO3/c1-15-11(14)10-7-8(12)9(16-10)5-3-2-4-6-13/h7H,2,4,6H2,1H3. The second-order valence-corrected chi connectivity index (χ2v) is 4.11. The first-order valence-corrected chi connectivity index (χ1v) is 5.94. The molecule has 1 aromatic heterocycles. The lowest BCUT2D eigenvalue weighted by Gasteiger charge is -1.90. The van der Waals surface area contributed by atoms with Gasteiger partial charge in [0.15, 0.2) is 5.76 Å². The number of esters is 1. The van der Waals surface area contributed by atoms with Crippen LogP contribution in [0.15, 0.2) is 15.0 Å². The fourth-order valence-electron chi connectivity index (χ4n) is 0.953. The van der Waals surface area contributed by atoms with Crippen LogP contribution in [-0.4, -0.2) is 19.0 Å². The number of hydrogen-bond acceptors (Lipinski definition) is 3. The van der Waals surface area contributed by atoms with E-state index in [1.807, 2.05) is 0 Å². The molecule has 0 aliphatic carbocycles. The summed E-state index contributed by atoms with van der Waals surface area (Å²) in [5, 5.41) is 0. The van der Waals surface area contributed by atoms with Gasteiger partial charge in [-0.3, -0.25) is 0 Å². The van der Waals surface area contributed by atoms with Crippen molar-refractivity contribution in [1.29, 1.82) is 0 Å². The van der Waals surface area contributed by atoms with Gasteiger partial charge in [0.05, 0.1) is 11.6 Å². The first kappa shape index (κ1) is 13.1. The second kappa shape index (κ2) is 6.62. The molecular weight excluding hydrogens is 295 g/mol. The number of ether oxygens (including phenoxy) is 1. The van der Waals surface area contributed by atoms with Crippen molar-refractivity contribution in [2.75, 3.05) is 13.0 Å². The van der Waals surface area contributed by atoms with Crippen LogP contribution in [0.3, 0.4) is 0 Å². The third-order valence-corrected chi connectivity index (χ3v) is 2.57. The fourth-order valence-corrected chi connectivity index (χ4v) is 1.47. The fraction of sp³-hybridized carbons (Fsp3) is 0.364. The highest BCUT2D eigenvalue weighted by molar-refractivity contribution is 9.10. The summed E-state index contributed by atoms with van der Waals surface area (Å²) in [6, 6.07) is 1.54. The number of methoxy groups -OCH3 is 1. The highest BCUT2D eigenvalue weighted by Gasteiger charge is 2.14. The molecule has 0 atom stereocenters. The lowest BCUT2D eigenvalue weighted by molar-refractivity contribution is 0.0564. The second-order valence-electron chi connectivity index (χ2n) is 2.87. The van der Waals surface area contributed by atoms with Crippen LogP contribution in [0.5, 0.6) is 0 Å². The van der Waals surface area contributed by atoms with Gasteiger partial charge in [-0.1, -0.05) is 5.92 Å². The van der Waals surface area contributed by atoms with Gasteiger partial charge in [0.1, 0.15) is 0 Å². The van der Waals surface area contributed by atoms with Crippen molar-refractivity contribution in [3.8, 4) is 11.8 Å². The number of unbranched alkanes of at least 4 members (excludes halogenated alkanes) is 1. The minimum absolute atomic E-state index is 0.135. The summed E-state index contributed by atoms with van der Waals surface area (Å²) < 4.78 is 10.4. The lowest BCUT2D eigenvalue weighted by Crippen LogP contribution is -1.98. The first-order chi connectivity index (χ1) is 7.69. The molecule has 0 saturated carbocycles.